The first-order chi connectivity index (χ1) is 11.1. The molecule has 1 heterocycles. The van der Waals surface area contributed by atoms with Gasteiger partial charge >= 0.3 is 0 Å². The third-order valence-electron chi connectivity index (χ3n) is 4.34. The minimum atomic E-state index is -0.551. The van der Waals surface area contributed by atoms with Crippen LogP contribution in [0.1, 0.15) is 54.9 Å². The lowest BCUT2D eigenvalue weighted by atomic mass is 9.98. The average Bonchev–Trinajstić information content (AvgIpc) is 2.54. The SMILES string of the molecule is CCCCCCC(=O)c1ccc(CN2CC(C(=O)N=O)C2)cc1. The molecule has 23 heavy (non-hydrogen) atoms. The molecule has 124 valence electrons. The van der Waals surface area contributed by atoms with Crippen LogP contribution in [0.2, 0.25) is 0 Å². The fourth-order valence-corrected chi connectivity index (χ4v) is 2.84. The predicted molar refractivity (Wildman–Crippen MR) is 89.1 cm³/mol. The second-order valence-corrected chi connectivity index (χ2v) is 6.25. The van der Waals surface area contributed by atoms with Gasteiger partial charge in [0.2, 0.25) is 0 Å². The van der Waals surface area contributed by atoms with Crippen molar-refractivity contribution >= 4 is 11.7 Å². The van der Waals surface area contributed by atoms with Crippen LogP contribution in [0.3, 0.4) is 0 Å². The largest absolute Gasteiger partial charge is 0.297 e. The Morgan fingerprint density at radius 3 is 2.43 bits per heavy atom. The molecule has 0 saturated carbocycles. The second-order valence-electron chi connectivity index (χ2n) is 6.25. The Kier molecular flexibility index (Phi) is 6.59. The minimum absolute atomic E-state index is 0.208. The fraction of sp³-hybridized carbons (Fsp3) is 0.556. The molecule has 1 aromatic rings. The number of hydrogen-bond donors (Lipinski definition) is 0. The Balaban J connectivity index is 1.75. The summed E-state index contributed by atoms with van der Waals surface area (Å²) < 4.78 is 0. The summed E-state index contributed by atoms with van der Waals surface area (Å²) in [5.41, 5.74) is 1.88. The highest BCUT2D eigenvalue weighted by atomic mass is 16.3. The van der Waals surface area contributed by atoms with Gasteiger partial charge in [-0.3, -0.25) is 14.5 Å². The summed E-state index contributed by atoms with van der Waals surface area (Å²) in [6.07, 6.45) is 5.06. The standard InChI is InChI=1S/C18H24N2O3/c1-2-3-4-5-6-17(21)15-9-7-14(8-10-15)11-20-12-16(13-20)18(22)19-23/h7-10,16H,2-6,11-13H2,1H3. The molecule has 1 fully saturated rings. The van der Waals surface area contributed by atoms with Crippen molar-refractivity contribution in [2.45, 2.75) is 45.6 Å². The maximum absolute atomic E-state index is 12.1. The van der Waals surface area contributed by atoms with Crippen LogP contribution in [0.25, 0.3) is 0 Å². The second kappa shape index (κ2) is 8.67. The number of benzene rings is 1. The first-order valence-electron chi connectivity index (χ1n) is 8.35. The van der Waals surface area contributed by atoms with Crippen molar-refractivity contribution in [1.82, 2.24) is 4.90 Å². The Morgan fingerprint density at radius 2 is 1.83 bits per heavy atom. The van der Waals surface area contributed by atoms with E-state index in [1.54, 1.807) is 0 Å². The summed E-state index contributed by atoms with van der Waals surface area (Å²) in [4.78, 5) is 35.4. The summed E-state index contributed by atoms with van der Waals surface area (Å²) in [6, 6.07) is 7.69. The highest BCUT2D eigenvalue weighted by molar-refractivity contribution is 5.96. The maximum Gasteiger partial charge on any atom is 0.291 e. The van der Waals surface area contributed by atoms with Crippen LogP contribution in [0, 0.1) is 10.8 Å². The quantitative estimate of drug-likeness (QED) is 0.397. The molecule has 0 N–H and O–H groups in total. The van der Waals surface area contributed by atoms with Gasteiger partial charge in [-0.15, -0.1) is 4.91 Å². The van der Waals surface area contributed by atoms with Crippen LogP contribution in [0.15, 0.2) is 29.4 Å². The van der Waals surface area contributed by atoms with Crippen molar-refractivity contribution in [3.63, 3.8) is 0 Å². The van der Waals surface area contributed by atoms with Crippen LogP contribution >= 0.6 is 0 Å². The lowest BCUT2D eigenvalue weighted by Crippen LogP contribution is -2.49. The van der Waals surface area contributed by atoms with Crippen molar-refractivity contribution in [3.8, 4) is 0 Å². The van der Waals surface area contributed by atoms with Gasteiger partial charge in [-0.2, -0.15) is 0 Å². The molecule has 0 radical (unpaired) electrons. The Hall–Kier alpha value is -1.88. The molecule has 2 rings (SSSR count). The molecule has 1 saturated heterocycles. The molecule has 1 aliphatic heterocycles. The normalized spacial score (nSPS) is 15.2. The number of hydrogen-bond acceptors (Lipinski definition) is 4. The van der Waals surface area contributed by atoms with Gasteiger partial charge in [0.05, 0.1) is 5.92 Å². The fourth-order valence-electron chi connectivity index (χ4n) is 2.84. The maximum atomic E-state index is 12.1. The minimum Gasteiger partial charge on any atom is -0.297 e. The van der Waals surface area contributed by atoms with Crippen molar-refractivity contribution in [3.05, 3.63) is 40.3 Å². The molecule has 0 unspecified atom stereocenters. The van der Waals surface area contributed by atoms with E-state index in [0.29, 0.717) is 19.5 Å². The van der Waals surface area contributed by atoms with Gasteiger partial charge in [0.1, 0.15) is 0 Å². The zero-order valence-corrected chi connectivity index (χ0v) is 13.7. The van der Waals surface area contributed by atoms with E-state index in [2.05, 4.69) is 17.0 Å². The molecule has 0 spiro atoms. The number of Topliss-reactive ketones (excluding diaryl/α,β-unsaturated/α-hetero) is 1. The van der Waals surface area contributed by atoms with Crippen LogP contribution < -0.4 is 0 Å². The van der Waals surface area contributed by atoms with E-state index in [0.717, 1.165) is 30.5 Å². The number of likely N-dealkylation sites (tertiary alicyclic amines) is 1. The molecular formula is C18H24N2O3. The number of ketones is 1. The van der Waals surface area contributed by atoms with E-state index in [9.17, 15) is 14.5 Å². The molecular weight excluding hydrogens is 292 g/mol. The Morgan fingerprint density at radius 1 is 1.13 bits per heavy atom. The zero-order chi connectivity index (χ0) is 16.7. The Bertz CT molecular complexity index is 548. The molecule has 1 aromatic carbocycles. The Labute approximate surface area is 137 Å². The van der Waals surface area contributed by atoms with Gasteiger partial charge < -0.3 is 0 Å². The molecule has 0 aromatic heterocycles. The monoisotopic (exact) mass is 316 g/mol. The number of carbonyl (C=O) groups is 2. The van der Waals surface area contributed by atoms with E-state index < -0.39 is 5.91 Å². The smallest absolute Gasteiger partial charge is 0.291 e. The third-order valence-corrected chi connectivity index (χ3v) is 4.34. The van der Waals surface area contributed by atoms with Crippen LogP contribution in [-0.4, -0.2) is 29.7 Å². The van der Waals surface area contributed by atoms with E-state index >= 15 is 0 Å². The van der Waals surface area contributed by atoms with Gasteiger partial charge in [0.15, 0.2) is 5.78 Å². The molecule has 1 amide bonds. The van der Waals surface area contributed by atoms with Crippen molar-refractivity contribution in [2.75, 3.05) is 13.1 Å². The average molecular weight is 316 g/mol. The van der Waals surface area contributed by atoms with E-state index in [1.165, 1.54) is 12.8 Å². The molecule has 0 atom stereocenters. The van der Waals surface area contributed by atoms with Crippen molar-refractivity contribution in [1.29, 1.82) is 0 Å². The number of nitrogens with zero attached hydrogens (tertiary/aromatic N) is 2. The summed E-state index contributed by atoms with van der Waals surface area (Å²) >= 11 is 0. The summed E-state index contributed by atoms with van der Waals surface area (Å²) in [6.45, 7) is 4.06. The first kappa shape index (κ1) is 17.5. The summed E-state index contributed by atoms with van der Waals surface area (Å²) in [5, 5.41) is 2.47. The van der Waals surface area contributed by atoms with Crippen LogP contribution in [0.5, 0.6) is 0 Å². The van der Waals surface area contributed by atoms with Crippen molar-refractivity contribution < 1.29 is 9.59 Å². The first-order valence-corrected chi connectivity index (χ1v) is 8.35. The topological polar surface area (TPSA) is 66.8 Å². The van der Waals surface area contributed by atoms with E-state index in [-0.39, 0.29) is 11.7 Å². The van der Waals surface area contributed by atoms with Crippen LogP contribution in [-0.2, 0) is 11.3 Å². The molecule has 1 aliphatic rings. The van der Waals surface area contributed by atoms with Gasteiger partial charge in [-0.25, -0.2) is 0 Å². The van der Waals surface area contributed by atoms with E-state index in [4.69, 9.17) is 0 Å². The van der Waals surface area contributed by atoms with Gasteiger partial charge in [0.25, 0.3) is 5.91 Å². The molecule has 5 nitrogen and oxygen atoms in total. The summed E-state index contributed by atoms with van der Waals surface area (Å²) in [7, 11) is 0. The number of amides is 1. The predicted octanol–water partition coefficient (Wildman–Crippen LogP) is 3.56. The lowest BCUT2D eigenvalue weighted by Gasteiger charge is -2.36. The third kappa shape index (κ3) is 5.06. The highest BCUT2D eigenvalue weighted by Crippen LogP contribution is 2.20. The van der Waals surface area contributed by atoms with E-state index in [1.807, 2.05) is 24.3 Å². The highest BCUT2D eigenvalue weighted by Gasteiger charge is 2.33. The van der Waals surface area contributed by atoms with Gasteiger partial charge in [-0.05, 0) is 12.0 Å². The zero-order valence-electron chi connectivity index (χ0n) is 13.7. The number of rotatable bonds is 9. The number of carbonyl (C=O) groups excluding carboxylic acids is 2. The van der Waals surface area contributed by atoms with Crippen molar-refractivity contribution in [2.24, 2.45) is 11.1 Å². The van der Waals surface area contributed by atoms with Gasteiger partial charge in [-0.1, -0.05) is 50.5 Å². The lowest BCUT2D eigenvalue weighted by molar-refractivity contribution is -0.127. The van der Waals surface area contributed by atoms with Crippen LogP contribution in [0.4, 0.5) is 0 Å². The van der Waals surface area contributed by atoms with Gasteiger partial charge in [0, 0.05) is 36.8 Å². The number of nitroso groups, excluding NO2 is 1. The number of unbranched alkanes of at least 4 members (excludes halogenated alkanes) is 3. The molecule has 0 bridgehead atoms. The summed E-state index contributed by atoms with van der Waals surface area (Å²) in [5.74, 6) is -0.582. The molecule has 0 aliphatic carbocycles. The molecule has 5 heteroatoms.